The van der Waals surface area contributed by atoms with Crippen LogP contribution in [0, 0.1) is 40.4 Å². The Bertz CT molecular complexity index is 617. The highest BCUT2D eigenvalue weighted by atomic mass is 16.1. The molecule has 3 unspecified atom stereocenters. The lowest BCUT2D eigenvalue weighted by molar-refractivity contribution is -0.129. The average Bonchev–Trinajstić information content (AvgIpc) is 2.87. The molecule has 0 aromatic rings. The molecule has 0 aromatic carbocycles. The summed E-state index contributed by atoms with van der Waals surface area (Å²) >= 11 is 0. The fourth-order valence-corrected chi connectivity index (χ4v) is 7.65. The second-order valence-electron chi connectivity index (χ2n) is 9.78. The van der Waals surface area contributed by atoms with Crippen LogP contribution in [-0.2, 0) is 9.59 Å². The molecule has 0 aliphatic heterocycles. The first-order valence-electron chi connectivity index (χ1n) is 10.0. The molecule has 0 saturated heterocycles. The van der Waals surface area contributed by atoms with Gasteiger partial charge in [0.05, 0.1) is 0 Å². The smallest absolute Gasteiger partial charge is 0.155 e. The molecule has 132 valence electrons. The maximum atomic E-state index is 12.2. The van der Waals surface area contributed by atoms with E-state index in [9.17, 15) is 9.59 Å². The van der Waals surface area contributed by atoms with Gasteiger partial charge < -0.3 is 0 Å². The van der Waals surface area contributed by atoms with E-state index >= 15 is 0 Å². The first kappa shape index (κ1) is 16.5. The number of hydrogen-bond acceptors (Lipinski definition) is 2. The zero-order chi connectivity index (χ0) is 17.3. The van der Waals surface area contributed by atoms with Gasteiger partial charge in [-0.25, -0.2) is 0 Å². The standard InChI is InChI=1S/C22H32O2/c1-13-11-16-18-6-5-17(14(2)23)21(18,3)10-8-19(16)22(4)9-7-15(24)12-20(13)22/h12-13,16-19H,5-11H2,1-4H3/t13-,16?,17-,18?,19?,21-,22+/m1/s1. The Morgan fingerprint density at radius 2 is 1.88 bits per heavy atom. The largest absolute Gasteiger partial charge is 0.300 e. The highest BCUT2D eigenvalue weighted by molar-refractivity contribution is 5.91. The van der Waals surface area contributed by atoms with Crippen LogP contribution >= 0.6 is 0 Å². The first-order valence-corrected chi connectivity index (χ1v) is 10.0. The van der Waals surface area contributed by atoms with Crippen LogP contribution in [0.15, 0.2) is 11.6 Å². The van der Waals surface area contributed by atoms with Gasteiger partial charge in [0.2, 0.25) is 0 Å². The van der Waals surface area contributed by atoms with Crippen LogP contribution in [0.1, 0.15) is 72.6 Å². The first-order chi connectivity index (χ1) is 11.3. The van der Waals surface area contributed by atoms with Gasteiger partial charge in [-0.05, 0) is 86.0 Å². The molecule has 2 nitrogen and oxygen atoms in total. The number of allylic oxidation sites excluding steroid dienone is 1. The maximum Gasteiger partial charge on any atom is 0.155 e. The summed E-state index contributed by atoms with van der Waals surface area (Å²) in [5.41, 5.74) is 1.91. The van der Waals surface area contributed by atoms with Crippen molar-refractivity contribution in [2.24, 2.45) is 40.4 Å². The second kappa shape index (κ2) is 5.29. The van der Waals surface area contributed by atoms with Crippen molar-refractivity contribution < 1.29 is 9.59 Å². The lowest BCUT2D eigenvalue weighted by atomic mass is 9.45. The van der Waals surface area contributed by atoms with E-state index in [-0.39, 0.29) is 16.7 Å². The molecule has 4 rings (SSSR count). The van der Waals surface area contributed by atoms with Crippen LogP contribution in [0.5, 0.6) is 0 Å². The van der Waals surface area contributed by atoms with Crippen molar-refractivity contribution in [1.29, 1.82) is 0 Å². The van der Waals surface area contributed by atoms with Crippen molar-refractivity contribution >= 4 is 11.6 Å². The lowest BCUT2D eigenvalue weighted by Gasteiger charge is -2.59. The molecule has 2 heteroatoms. The number of carbonyl (C=O) groups is 2. The summed E-state index contributed by atoms with van der Waals surface area (Å²) in [6, 6.07) is 0. The minimum absolute atomic E-state index is 0.228. The summed E-state index contributed by atoms with van der Waals surface area (Å²) in [6.45, 7) is 9.00. The summed E-state index contributed by atoms with van der Waals surface area (Å²) in [7, 11) is 0. The molecule has 0 aromatic heterocycles. The lowest BCUT2D eigenvalue weighted by Crippen LogP contribution is -2.52. The van der Waals surface area contributed by atoms with E-state index in [1.54, 1.807) is 0 Å². The average molecular weight is 328 g/mol. The summed E-state index contributed by atoms with van der Waals surface area (Å²) in [4.78, 5) is 24.2. The zero-order valence-electron chi connectivity index (χ0n) is 15.7. The minimum Gasteiger partial charge on any atom is -0.300 e. The third kappa shape index (κ3) is 2.07. The van der Waals surface area contributed by atoms with Crippen LogP contribution < -0.4 is 0 Å². The predicted octanol–water partition coefficient (Wildman–Crippen LogP) is 4.97. The van der Waals surface area contributed by atoms with Gasteiger partial charge in [-0.2, -0.15) is 0 Å². The third-order valence-electron chi connectivity index (χ3n) is 8.77. The molecule has 0 amide bonds. The van der Waals surface area contributed by atoms with Crippen molar-refractivity contribution in [1.82, 2.24) is 0 Å². The van der Waals surface area contributed by atoms with Crippen LogP contribution in [0.2, 0.25) is 0 Å². The van der Waals surface area contributed by atoms with Crippen LogP contribution in [0.25, 0.3) is 0 Å². The number of carbonyl (C=O) groups excluding carboxylic acids is 2. The fourth-order valence-electron chi connectivity index (χ4n) is 7.65. The molecular weight excluding hydrogens is 296 g/mol. The van der Waals surface area contributed by atoms with Crippen molar-refractivity contribution in [3.8, 4) is 0 Å². The van der Waals surface area contributed by atoms with E-state index in [1.165, 1.54) is 31.3 Å². The van der Waals surface area contributed by atoms with Crippen LogP contribution in [0.3, 0.4) is 0 Å². The topological polar surface area (TPSA) is 34.1 Å². The van der Waals surface area contributed by atoms with Gasteiger partial charge in [0.15, 0.2) is 5.78 Å². The quantitative estimate of drug-likeness (QED) is 0.681. The van der Waals surface area contributed by atoms with Crippen molar-refractivity contribution in [2.45, 2.75) is 72.6 Å². The minimum atomic E-state index is 0.228. The number of rotatable bonds is 1. The van der Waals surface area contributed by atoms with Gasteiger partial charge in [0.25, 0.3) is 0 Å². The molecule has 24 heavy (non-hydrogen) atoms. The Hall–Kier alpha value is -0.920. The van der Waals surface area contributed by atoms with Crippen molar-refractivity contribution in [2.75, 3.05) is 0 Å². The Balaban J connectivity index is 1.71. The van der Waals surface area contributed by atoms with E-state index in [4.69, 9.17) is 0 Å². The molecule has 4 aliphatic carbocycles. The Kier molecular flexibility index (Phi) is 3.64. The normalized spacial score (nSPS) is 50.6. The van der Waals surface area contributed by atoms with E-state index in [0.717, 1.165) is 31.1 Å². The number of ketones is 2. The van der Waals surface area contributed by atoms with Crippen molar-refractivity contribution in [3.05, 3.63) is 11.6 Å². The molecule has 0 radical (unpaired) electrons. The molecule has 0 heterocycles. The second-order valence-corrected chi connectivity index (χ2v) is 9.78. The molecule has 0 N–H and O–H groups in total. The summed E-state index contributed by atoms with van der Waals surface area (Å²) in [5.74, 6) is 3.75. The maximum absolute atomic E-state index is 12.2. The Labute approximate surface area is 146 Å². The third-order valence-corrected chi connectivity index (χ3v) is 8.77. The summed E-state index contributed by atoms with van der Waals surface area (Å²) in [5, 5.41) is 0. The molecule has 3 fully saturated rings. The highest BCUT2D eigenvalue weighted by Gasteiger charge is 2.60. The van der Waals surface area contributed by atoms with Gasteiger partial charge in [0.1, 0.15) is 5.78 Å². The number of hydrogen-bond donors (Lipinski definition) is 0. The molecule has 0 bridgehead atoms. The Morgan fingerprint density at radius 3 is 2.58 bits per heavy atom. The van der Waals surface area contributed by atoms with Crippen LogP contribution in [0.4, 0.5) is 0 Å². The number of Topliss-reactive ketones (excluding diaryl/α,β-unsaturated/α-hetero) is 1. The zero-order valence-corrected chi connectivity index (χ0v) is 15.7. The van der Waals surface area contributed by atoms with Gasteiger partial charge in [0, 0.05) is 12.3 Å². The van der Waals surface area contributed by atoms with Crippen LogP contribution in [-0.4, -0.2) is 11.6 Å². The van der Waals surface area contributed by atoms with Gasteiger partial charge >= 0.3 is 0 Å². The molecule has 0 spiro atoms. The summed E-state index contributed by atoms with van der Waals surface area (Å²) < 4.78 is 0. The summed E-state index contributed by atoms with van der Waals surface area (Å²) in [6.07, 6.45) is 9.80. The molecule has 3 saturated carbocycles. The number of fused-ring (bicyclic) bond motifs is 5. The fraction of sp³-hybridized carbons (Fsp3) is 0.818. The Morgan fingerprint density at radius 1 is 1.12 bits per heavy atom. The molecule has 4 aliphatic rings. The van der Waals surface area contributed by atoms with E-state index < -0.39 is 0 Å². The SMILES string of the molecule is CC(=O)[C@H]1CCC2C3C[C@@H](C)C4=CC(=O)CC[C@@]4(C)C3CC[C@@]21C. The highest BCUT2D eigenvalue weighted by Crippen LogP contribution is 2.67. The molecule has 7 atom stereocenters. The predicted molar refractivity (Wildman–Crippen MR) is 95.4 cm³/mol. The van der Waals surface area contributed by atoms with E-state index in [0.29, 0.717) is 23.4 Å². The monoisotopic (exact) mass is 328 g/mol. The van der Waals surface area contributed by atoms with Gasteiger partial charge in [-0.3, -0.25) is 9.59 Å². The molecular formula is C22H32O2. The van der Waals surface area contributed by atoms with Crippen molar-refractivity contribution in [3.63, 3.8) is 0 Å². The van der Waals surface area contributed by atoms with Gasteiger partial charge in [-0.15, -0.1) is 0 Å². The van der Waals surface area contributed by atoms with Gasteiger partial charge in [-0.1, -0.05) is 26.3 Å². The van der Waals surface area contributed by atoms with E-state index in [1.807, 2.05) is 13.0 Å². The van der Waals surface area contributed by atoms with E-state index in [2.05, 4.69) is 20.8 Å².